The lowest BCUT2D eigenvalue weighted by molar-refractivity contribution is -0.128. The summed E-state index contributed by atoms with van der Waals surface area (Å²) in [6.45, 7) is 7.93. The van der Waals surface area contributed by atoms with Crippen molar-refractivity contribution in [2.45, 2.75) is 38.8 Å². The van der Waals surface area contributed by atoms with Gasteiger partial charge in [0.1, 0.15) is 0 Å². The molecule has 0 radical (unpaired) electrons. The van der Waals surface area contributed by atoms with E-state index in [1.54, 1.807) is 0 Å². The first-order valence-electron chi connectivity index (χ1n) is 8.59. The van der Waals surface area contributed by atoms with Crippen molar-refractivity contribution in [2.75, 3.05) is 33.7 Å². The number of likely N-dealkylation sites (N-methyl/N-ethyl adjacent to an activating group) is 1. The summed E-state index contributed by atoms with van der Waals surface area (Å²) in [5, 5.41) is 3.26. The highest BCUT2D eigenvalue weighted by atomic mass is 16.2. The summed E-state index contributed by atoms with van der Waals surface area (Å²) < 4.78 is 0. The van der Waals surface area contributed by atoms with Crippen LogP contribution in [0.4, 0.5) is 0 Å². The molecule has 4 heteroatoms. The van der Waals surface area contributed by atoms with Crippen LogP contribution in [0.2, 0.25) is 0 Å². The number of carbonyl (C=O) groups excluding carboxylic acids is 1. The molecule has 1 heterocycles. The second-order valence-corrected chi connectivity index (χ2v) is 7.63. The quantitative estimate of drug-likeness (QED) is 0.875. The van der Waals surface area contributed by atoms with Gasteiger partial charge in [-0.05, 0) is 52.9 Å². The number of nitrogens with zero attached hydrogens (tertiary/aromatic N) is 2. The predicted octanol–water partition coefficient (Wildman–Crippen LogP) is 2.35. The molecule has 2 rings (SSSR count). The monoisotopic (exact) mass is 317 g/mol. The average Bonchev–Trinajstić information content (AvgIpc) is 2.47. The molecule has 1 saturated heterocycles. The molecule has 1 aliphatic rings. The number of piperidine rings is 1. The second kappa shape index (κ2) is 7.93. The van der Waals surface area contributed by atoms with E-state index < -0.39 is 0 Å². The maximum Gasteiger partial charge on any atom is 0.224 e. The molecule has 23 heavy (non-hydrogen) atoms. The number of benzene rings is 1. The molecule has 0 aliphatic carbocycles. The summed E-state index contributed by atoms with van der Waals surface area (Å²) in [7, 11) is 4.20. The van der Waals surface area contributed by atoms with Crippen molar-refractivity contribution in [2.24, 2.45) is 5.92 Å². The SMILES string of the molecule is CN1CCCC(C(=O)NC(C)(C)CN(C)Cc2ccccc2)C1. The van der Waals surface area contributed by atoms with Crippen molar-refractivity contribution >= 4 is 5.91 Å². The van der Waals surface area contributed by atoms with Crippen LogP contribution in [-0.2, 0) is 11.3 Å². The number of likely N-dealkylation sites (tertiary alicyclic amines) is 1. The van der Waals surface area contributed by atoms with Crippen molar-refractivity contribution in [3.63, 3.8) is 0 Å². The van der Waals surface area contributed by atoms with E-state index in [2.05, 4.69) is 67.3 Å². The third-order valence-corrected chi connectivity index (χ3v) is 4.42. The molecule has 1 aromatic carbocycles. The van der Waals surface area contributed by atoms with Gasteiger partial charge in [-0.3, -0.25) is 9.69 Å². The average molecular weight is 317 g/mol. The zero-order chi connectivity index (χ0) is 16.9. The van der Waals surface area contributed by atoms with Gasteiger partial charge in [0.05, 0.1) is 5.92 Å². The molecule has 0 saturated carbocycles. The van der Waals surface area contributed by atoms with Gasteiger partial charge in [0, 0.05) is 25.2 Å². The molecule has 1 aromatic rings. The summed E-state index contributed by atoms with van der Waals surface area (Å²) in [6, 6.07) is 10.4. The van der Waals surface area contributed by atoms with Crippen LogP contribution in [0.15, 0.2) is 30.3 Å². The fourth-order valence-electron chi connectivity index (χ4n) is 3.48. The maximum atomic E-state index is 12.5. The molecule has 0 bridgehead atoms. The third-order valence-electron chi connectivity index (χ3n) is 4.42. The summed E-state index contributed by atoms with van der Waals surface area (Å²) in [6.07, 6.45) is 2.12. The first-order valence-corrected chi connectivity index (χ1v) is 8.59. The lowest BCUT2D eigenvalue weighted by Gasteiger charge is -2.35. The normalized spacial score (nSPS) is 19.8. The number of carbonyl (C=O) groups is 1. The standard InChI is InChI=1S/C19H31N3O/c1-19(2,15-22(4)13-16-9-6-5-7-10-16)20-18(23)17-11-8-12-21(3)14-17/h5-7,9-10,17H,8,11-15H2,1-4H3,(H,20,23). The number of rotatable bonds is 6. The fraction of sp³-hybridized carbons (Fsp3) is 0.632. The van der Waals surface area contributed by atoms with Crippen LogP contribution < -0.4 is 5.32 Å². The number of amides is 1. The van der Waals surface area contributed by atoms with Gasteiger partial charge in [-0.25, -0.2) is 0 Å². The molecule has 1 atom stereocenters. The highest BCUT2D eigenvalue weighted by Crippen LogP contribution is 2.17. The van der Waals surface area contributed by atoms with E-state index in [0.29, 0.717) is 0 Å². The zero-order valence-corrected chi connectivity index (χ0v) is 15.0. The summed E-state index contributed by atoms with van der Waals surface area (Å²) >= 11 is 0. The topological polar surface area (TPSA) is 35.6 Å². The molecule has 1 unspecified atom stereocenters. The first kappa shape index (κ1) is 18.0. The molecule has 1 fully saturated rings. The highest BCUT2D eigenvalue weighted by molar-refractivity contribution is 5.79. The van der Waals surface area contributed by atoms with Gasteiger partial charge >= 0.3 is 0 Å². The molecule has 0 spiro atoms. The van der Waals surface area contributed by atoms with E-state index in [1.165, 1.54) is 5.56 Å². The van der Waals surface area contributed by atoms with Gasteiger partial charge in [-0.2, -0.15) is 0 Å². The van der Waals surface area contributed by atoms with Crippen LogP contribution in [0.25, 0.3) is 0 Å². The van der Waals surface area contributed by atoms with Crippen molar-refractivity contribution in [3.8, 4) is 0 Å². The van der Waals surface area contributed by atoms with Gasteiger partial charge in [0.2, 0.25) is 5.91 Å². The van der Waals surface area contributed by atoms with Gasteiger partial charge in [0.15, 0.2) is 0 Å². The van der Waals surface area contributed by atoms with E-state index in [1.807, 2.05) is 6.07 Å². The van der Waals surface area contributed by atoms with Gasteiger partial charge in [-0.15, -0.1) is 0 Å². The van der Waals surface area contributed by atoms with E-state index >= 15 is 0 Å². The van der Waals surface area contributed by atoms with Crippen molar-refractivity contribution in [1.29, 1.82) is 0 Å². The number of nitrogens with one attached hydrogen (secondary N) is 1. The van der Waals surface area contributed by atoms with Crippen molar-refractivity contribution < 1.29 is 4.79 Å². The van der Waals surface area contributed by atoms with Crippen molar-refractivity contribution in [1.82, 2.24) is 15.1 Å². The summed E-state index contributed by atoms with van der Waals surface area (Å²) in [5.74, 6) is 0.335. The Morgan fingerprint density at radius 2 is 2.04 bits per heavy atom. The Morgan fingerprint density at radius 3 is 2.70 bits per heavy atom. The van der Waals surface area contributed by atoms with Crippen LogP contribution in [0.1, 0.15) is 32.3 Å². The Labute approximate surface area is 140 Å². The molecule has 1 amide bonds. The Morgan fingerprint density at radius 1 is 1.35 bits per heavy atom. The Kier molecular flexibility index (Phi) is 6.19. The largest absolute Gasteiger partial charge is 0.350 e. The van der Waals surface area contributed by atoms with Crippen LogP contribution in [0.5, 0.6) is 0 Å². The smallest absolute Gasteiger partial charge is 0.224 e. The number of hydrogen-bond donors (Lipinski definition) is 1. The lowest BCUT2D eigenvalue weighted by atomic mass is 9.95. The van der Waals surface area contributed by atoms with Crippen LogP contribution >= 0.6 is 0 Å². The molecule has 0 aromatic heterocycles. The summed E-state index contributed by atoms with van der Waals surface area (Å²) in [5.41, 5.74) is 1.07. The highest BCUT2D eigenvalue weighted by Gasteiger charge is 2.29. The molecular formula is C19H31N3O. The van der Waals surface area contributed by atoms with Crippen LogP contribution in [0.3, 0.4) is 0 Å². The minimum absolute atomic E-state index is 0.132. The lowest BCUT2D eigenvalue weighted by Crippen LogP contribution is -2.53. The first-order chi connectivity index (χ1) is 10.9. The minimum atomic E-state index is -0.226. The molecule has 4 nitrogen and oxygen atoms in total. The van der Waals surface area contributed by atoms with Crippen LogP contribution in [0, 0.1) is 5.92 Å². The van der Waals surface area contributed by atoms with E-state index in [4.69, 9.17) is 0 Å². The molecule has 128 valence electrons. The van der Waals surface area contributed by atoms with E-state index in [0.717, 1.165) is 39.0 Å². The maximum absolute atomic E-state index is 12.5. The fourth-order valence-corrected chi connectivity index (χ4v) is 3.48. The van der Waals surface area contributed by atoms with Gasteiger partial charge in [0.25, 0.3) is 0 Å². The van der Waals surface area contributed by atoms with E-state index in [-0.39, 0.29) is 17.4 Å². The van der Waals surface area contributed by atoms with E-state index in [9.17, 15) is 4.79 Å². The molecule has 1 aliphatic heterocycles. The Bertz CT molecular complexity index is 501. The van der Waals surface area contributed by atoms with Gasteiger partial charge in [-0.1, -0.05) is 30.3 Å². The third kappa shape index (κ3) is 5.96. The summed E-state index contributed by atoms with van der Waals surface area (Å²) in [4.78, 5) is 17.1. The number of hydrogen-bond acceptors (Lipinski definition) is 3. The minimum Gasteiger partial charge on any atom is -0.350 e. The Hall–Kier alpha value is -1.39. The zero-order valence-electron chi connectivity index (χ0n) is 15.0. The molecule has 1 N–H and O–H groups in total. The van der Waals surface area contributed by atoms with Gasteiger partial charge < -0.3 is 10.2 Å². The second-order valence-electron chi connectivity index (χ2n) is 7.63. The van der Waals surface area contributed by atoms with Crippen LogP contribution in [-0.4, -0.2) is 55.0 Å². The predicted molar refractivity (Wildman–Crippen MR) is 95.2 cm³/mol. The molecular weight excluding hydrogens is 286 g/mol. The Balaban J connectivity index is 1.84. The van der Waals surface area contributed by atoms with Crippen molar-refractivity contribution in [3.05, 3.63) is 35.9 Å².